The number of nitrogens with one attached hydrogen (secondary N) is 1. The lowest BCUT2D eigenvalue weighted by molar-refractivity contribution is -0.123. The van der Waals surface area contributed by atoms with E-state index in [1.54, 1.807) is 19.1 Å². The molecule has 30 heavy (non-hydrogen) atoms. The van der Waals surface area contributed by atoms with Crippen LogP contribution in [0.3, 0.4) is 0 Å². The zero-order valence-electron chi connectivity index (χ0n) is 17.9. The number of benzene rings is 2. The molecular formula is C24H30N2O4. The van der Waals surface area contributed by atoms with Crippen LogP contribution in [-0.2, 0) is 20.8 Å². The third-order valence-electron chi connectivity index (χ3n) is 5.20. The summed E-state index contributed by atoms with van der Waals surface area (Å²) in [5.41, 5.74) is 3.44. The minimum Gasteiger partial charge on any atom is -0.449 e. The molecule has 1 aliphatic heterocycles. The Bertz CT molecular complexity index is 841. The van der Waals surface area contributed by atoms with Crippen molar-refractivity contribution in [3.8, 4) is 0 Å². The summed E-state index contributed by atoms with van der Waals surface area (Å²) in [6.45, 7) is 9.97. The summed E-state index contributed by atoms with van der Waals surface area (Å²) in [5, 5.41) is 2.79. The Kier molecular flexibility index (Phi) is 7.60. The SMILES string of the molecule is CC(C)c1ccc(NC(=O)[C@H](C)OC(=O)c2ccc(CN3CCOCC3)cc2)cc1. The first-order valence-electron chi connectivity index (χ1n) is 10.4. The van der Waals surface area contributed by atoms with Crippen LogP contribution in [0, 0.1) is 0 Å². The van der Waals surface area contributed by atoms with Crippen LogP contribution in [0.1, 0.15) is 48.2 Å². The van der Waals surface area contributed by atoms with Gasteiger partial charge in [-0.15, -0.1) is 0 Å². The van der Waals surface area contributed by atoms with Crippen LogP contribution in [0.15, 0.2) is 48.5 Å². The fraction of sp³-hybridized carbons (Fsp3) is 0.417. The Labute approximate surface area is 178 Å². The zero-order valence-corrected chi connectivity index (χ0v) is 17.9. The van der Waals surface area contributed by atoms with E-state index in [1.807, 2.05) is 36.4 Å². The molecule has 1 atom stereocenters. The number of amides is 1. The summed E-state index contributed by atoms with van der Waals surface area (Å²) in [7, 11) is 0. The molecule has 2 aromatic rings. The molecule has 1 aliphatic rings. The lowest BCUT2D eigenvalue weighted by Gasteiger charge is -2.26. The first-order valence-corrected chi connectivity index (χ1v) is 10.4. The van der Waals surface area contributed by atoms with E-state index in [-0.39, 0.29) is 5.91 Å². The van der Waals surface area contributed by atoms with Crippen molar-refractivity contribution in [2.24, 2.45) is 0 Å². The maximum absolute atomic E-state index is 12.4. The van der Waals surface area contributed by atoms with Crippen molar-refractivity contribution >= 4 is 17.6 Å². The van der Waals surface area contributed by atoms with E-state index in [9.17, 15) is 9.59 Å². The monoisotopic (exact) mass is 410 g/mol. The van der Waals surface area contributed by atoms with Gasteiger partial charge in [0.1, 0.15) is 0 Å². The molecule has 1 amide bonds. The predicted molar refractivity (Wildman–Crippen MR) is 117 cm³/mol. The number of ether oxygens (including phenoxy) is 2. The van der Waals surface area contributed by atoms with E-state index < -0.39 is 12.1 Å². The van der Waals surface area contributed by atoms with Gasteiger partial charge in [0.15, 0.2) is 6.10 Å². The number of nitrogens with zero attached hydrogens (tertiary/aromatic N) is 1. The van der Waals surface area contributed by atoms with Gasteiger partial charge in [-0.1, -0.05) is 38.1 Å². The molecule has 0 spiro atoms. The van der Waals surface area contributed by atoms with Crippen LogP contribution >= 0.6 is 0 Å². The quantitative estimate of drug-likeness (QED) is 0.703. The second-order valence-corrected chi connectivity index (χ2v) is 7.90. The van der Waals surface area contributed by atoms with E-state index >= 15 is 0 Å². The van der Waals surface area contributed by atoms with E-state index in [1.165, 1.54) is 5.56 Å². The first-order chi connectivity index (χ1) is 14.4. The minimum atomic E-state index is -0.893. The van der Waals surface area contributed by atoms with Gasteiger partial charge in [-0.25, -0.2) is 4.79 Å². The molecular weight excluding hydrogens is 380 g/mol. The van der Waals surface area contributed by atoms with Gasteiger partial charge in [0, 0.05) is 25.3 Å². The smallest absolute Gasteiger partial charge is 0.338 e. The summed E-state index contributed by atoms with van der Waals surface area (Å²) in [6.07, 6.45) is -0.893. The van der Waals surface area contributed by atoms with Gasteiger partial charge in [-0.3, -0.25) is 9.69 Å². The van der Waals surface area contributed by atoms with Crippen LogP contribution in [0.25, 0.3) is 0 Å². The fourth-order valence-electron chi connectivity index (χ4n) is 3.24. The second-order valence-electron chi connectivity index (χ2n) is 7.90. The van der Waals surface area contributed by atoms with Crippen molar-refractivity contribution in [3.63, 3.8) is 0 Å². The van der Waals surface area contributed by atoms with Gasteiger partial charge in [-0.05, 0) is 48.2 Å². The molecule has 0 bridgehead atoms. The van der Waals surface area contributed by atoms with Gasteiger partial charge >= 0.3 is 5.97 Å². The van der Waals surface area contributed by atoms with Gasteiger partial charge in [0.25, 0.3) is 5.91 Å². The predicted octanol–water partition coefficient (Wildman–Crippen LogP) is 3.83. The molecule has 6 nitrogen and oxygen atoms in total. The maximum Gasteiger partial charge on any atom is 0.338 e. The Balaban J connectivity index is 1.50. The summed E-state index contributed by atoms with van der Waals surface area (Å²) in [5.74, 6) is -0.440. The Morgan fingerprint density at radius 2 is 1.63 bits per heavy atom. The normalized spacial score (nSPS) is 15.6. The van der Waals surface area contributed by atoms with E-state index in [0.29, 0.717) is 17.2 Å². The summed E-state index contributed by atoms with van der Waals surface area (Å²) in [4.78, 5) is 27.1. The van der Waals surface area contributed by atoms with Crippen molar-refractivity contribution < 1.29 is 19.1 Å². The number of anilines is 1. The number of morpholine rings is 1. The van der Waals surface area contributed by atoms with E-state index in [0.717, 1.165) is 38.4 Å². The molecule has 1 N–H and O–H groups in total. The Morgan fingerprint density at radius 1 is 1.00 bits per heavy atom. The second kappa shape index (κ2) is 10.4. The Hall–Kier alpha value is -2.70. The van der Waals surface area contributed by atoms with E-state index in [2.05, 4.69) is 24.1 Å². The lowest BCUT2D eigenvalue weighted by atomic mass is 10.0. The van der Waals surface area contributed by atoms with Gasteiger partial charge in [-0.2, -0.15) is 0 Å². The van der Waals surface area contributed by atoms with Crippen molar-refractivity contribution in [3.05, 3.63) is 65.2 Å². The topological polar surface area (TPSA) is 67.9 Å². The third-order valence-corrected chi connectivity index (χ3v) is 5.20. The van der Waals surface area contributed by atoms with Crippen LogP contribution in [0.5, 0.6) is 0 Å². The van der Waals surface area contributed by atoms with Gasteiger partial charge in [0.05, 0.1) is 18.8 Å². The molecule has 3 rings (SSSR count). The number of carbonyl (C=O) groups excluding carboxylic acids is 2. The average molecular weight is 411 g/mol. The van der Waals surface area contributed by atoms with Crippen LogP contribution < -0.4 is 5.32 Å². The number of carbonyl (C=O) groups is 2. The molecule has 160 valence electrons. The zero-order chi connectivity index (χ0) is 21.5. The molecule has 1 heterocycles. The number of hydrogen-bond acceptors (Lipinski definition) is 5. The van der Waals surface area contributed by atoms with Crippen LogP contribution in [-0.4, -0.2) is 49.2 Å². The van der Waals surface area contributed by atoms with Gasteiger partial charge < -0.3 is 14.8 Å². The summed E-state index contributed by atoms with van der Waals surface area (Å²) < 4.78 is 10.7. The van der Waals surface area contributed by atoms with Crippen molar-refractivity contribution in [2.45, 2.75) is 39.3 Å². The lowest BCUT2D eigenvalue weighted by Crippen LogP contribution is -2.35. The highest BCUT2D eigenvalue weighted by atomic mass is 16.5. The highest BCUT2D eigenvalue weighted by molar-refractivity contribution is 5.97. The largest absolute Gasteiger partial charge is 0.449 e. The third kappa shape index (κ3) is 6.15. The molecule has 1 saturated heterocycles. The maximum atomic E-state index is 12.4. The molecule has 0 radical (unpaired) electrons. The van der Waals surface area contributed by atoms with Crippen molar-refractivity contribution in [1.82, 2.24) is 4.90 Å². The molecule has 0 saturated carbocycles. The highest BCUT2D eigenvalue weighted by Crippen LogP contribution is 2.17. The summed E-state index contributed by atoms with van der Waals surface area (Å²) in [6, 6.07) is 15.0. The summed E-state index contributed by atoms with van der Waals surface area (Å²) >= 11 is 0. The average Bonchev–Trinajstić information content (AvgIpc) is 2.75. The van der Waals surface area contributed by atoms with Crippen LogP contribution in [0.4, 0.5) is 5.69 Å². The fourth-order valence-corrected chi connectivity index (χ4v) is 3.24. The molecule has 2 aromatic carbocycles. The minimum absolute atomic E-state index is 0.357. The van der Waals surface area contributed by atoms with Crippen molar-refractivity contribution in [2.75, 3.05) is 31.6 Å². The first kappa shape index (κ1) is 22.0. The standard InChI is InChI=1S/C24H30N2O4/c1-17(2)20-8-10-22(11-9-20)25-23(27)18(3)30-24(28)21-6-4-19(5-7-21)16-26-12-14-29-15-13-26/h4-11,17-18H,12-16H2,1-3H3,(H,25,27)/t18-/m0/s1. The molecule has 1 fully saturated rings. The van der Waals surface area contributed by atoms with Crippen molar-refractivity contribution in [1.29, 1.82) is 0 Å². The molecule has 0 aromatic heterocycles. The van der Waals surface area contributed by atoms with Gasteiger partial charge in [0.2, 0.25) is 0 Å². The molecule has 0 unspecified atom stereocenters. The van der Waals surface area contributed by atoms with E-state index in [4.69, 9.17) is 9.47 Å². The number of hydrogen-bond donors (Lipinski definition) is 1. The molecule has 6 heteroatoms. The van der Waals surface area contributed by atoms with Crippen LogP contribution in [0.2, 0.25) is 0 Å². The number of rotatable bonds is 7. The Morgan fingerprint density at radius 3 is 2.23 bits per heavy atom. The molecule has 0 aliphatic carbocycles. The highest BCUT2D eigenvalue weighted by Gasteiger charge is 2.19. The number of esters is 1.